The molecule has 3 rings (SSSR count). The van der Waals surface area contributed by atoms with Crippen LogP contribution in [0.5, 0.6) is 0 Å². The molecule has 0 saturated carbocycles. The summed E-state index contributed by atoms with van der Waals surface area (Å²) < 4.78 is 5.30. The number of aryl methyl sites for hydroxylation is 1. The summed E-state index contributed by atoms with van der Waals surface area (Å²) >= 11 is 1.65. The van der Waals surface area contributed by atoms with Gasteiger partial charge in [0.15, 0.2) is 5.13 Å². The van der Waals surface area contributed by atoms with E-state index in [-0.39, 0.29) is 0 Å². The minimum Gasteiger partial charge on any atom is -0.481 e. The summed E-state index contributed by atoms with van der Waals surface area (Å²) in [6, 6.07) is 0. The van der Waals surface area contributed by atoms with Crippen LogP contribution < -0.4 is 4.90 Å². The number of rotatable bonds is 2. The van der Waals surface area contributed by atoms with E-state index in [0.717, 1.165) is 48.4 Å². The Morgan fingerprint density at radius 2 is 2.24 bits per heavy atom. The number of hydrogen-bond acceptors (Lipinski definition) is 5. The molecule has 5 nitrogen and oxygen atoms in total. The smallest absolute Gasteiger partial charge is 0.312 e. The number of thiazole rings is 1. The van der Waals surface area contributed by atoms with Crippen molar-refractivity contribution in [3.63, 3.8) is 0 Å². The molecule has 1 aromatic heterocycles. The molecule has 17 heavy (non-hydrogen) atoms. The number of aliphatic carboxylic acids is 1. The van der Waals surface area contributed by atoms with Crippen LogP contribution in [0.4, 0.5) is 5.13 Å². The van der Waals surface area contributed by atoms with Crippen LogP contribution in [0.2, 0.25) is 0 Å². The maximum atomic E-state index is 11.1. The zero-order valence-corrected chi connectivity index (χ0v) is 10.2. The largest absolute Gasteiger partial charge is 0.481 e. The Hall–Kier alpha value is -1.14. The summed E-state index contributed by atoms with van der Waals surface area (Å²) in [4.78, 5) is 18.9. The highest BCUT2D eigenvalue weighted by atomic mass is 32.1. The van der Waals surface area contributed by atoms with Gasteiger partial charge in [-0.25, -0.2) is 4.98 Å². The highest BCUT2D eigenvalue weighted by Gasteiger charge is 2.33. The fraction of sp³-hybridized carbons (Fsp3) is 0.636. The molecule has 6 heteroatoms. The first-order chi connectivity index (χ1) is 8.25. The van der Waals surface area contributed by atoms with E-state index in [0.29, 0.717) is 6.42 Å². The molecular formula is C11H14N2O3S. The highest BCUT2D eigenvalue weighted by Crippen LogP contribution is 2.39. The van der Waals surface area contributed by atoms with Gasteiger partial charge in [-0.3, -0.25) is 4.79 Å². The third-order valence-electron chi connectivity index (χ3n) is 3.29. The van der Waals surface area contributed by atoms with E-state index in [1.807, 2.05) is 0 Å². The topological polar surface area (TPSA) is 62.7 Å². The predicted octanol–water partition coefficient (Wildman–Crippen LogP) is 1.09. The lowest BCUT2D eigenvalue weighted by atomic mass is 10.1. The first-order valence-electron chi connectivity index (χ1n) is 5.81. The van der Waals surface area contributed by atoms with Crippen LogP contribution >= 0.6 is 11.3 Å². The molecule has 1 N–H and O–H groups in total. The summed E-state index contributed by atoms with van der Waals surface area (Å²) in [5.41, 5.74) is 0.795. The molecule has 0 aromatic carbocycles. The van der Waals surface area contributed by atoms with E-state index in [4.69, 9.17) is 9.84 Å². The Balaban J connectivity index is 1.84. The van der Waals surface area contributed by atoms with Crippen LogP contribution in [0.15, 0.2) is 0 Å². The fourth-order valence-corrected chi connectivity index (χ4v) is 3.53. The molecule has 1 aliphatic carbocycles. The average molecular weight is 254 g/mol. The maximum absolute atomic E-state index is 11.1. The lowest BCUT2D eigenvalue weighted by molar-refractivity contribution is -0.138. The van der Waals surface area contributed by atoms with E-state index in [1.165, 1.54) is 0 Å². The number of ether oxygens (including phenoxy) is 1. The zero-order valence-electron chi connectivity index (χ0n) is 9.39. The van der Waals surface area contributed by atoms with Gasteiger partial charge in [-0.15, -0.1) is 11.3 Å². The van der Waals surface area contributed by atoms with E-state index in [9.17, 15) is 4.79 Å². The number of fused-ring (bicyclic) bond motifs is 1. The Morgan fingerprint density at radius 3 is 2.94 bits per heavy atom. The number of aromatic nitrogens is 1. The van der Waals surface area contributed by atoms with Crippen LogP contribution in [0.3, 0.4) is 0 Å². The van der Waals surface area contributed by atoms with Crippen LogP contribution in [0.1, 0.15) is 22.9 Å². The lowest BCUT2D eigenvalue weighted by Gasteiger charge is -2.26. The van der Waals surface area contributed by atoms with Crippen LogP contribution in [0.25, 0.3) is 0 Å². The highest BCUT2D eigenvalue weighted by molar-refractivity contribution is 7.15. The molecule has 0 bridgehead atoms. The summed E-state index contributed by atoms with van der Waals surface area (Å²) in [7, 11) is 0. The van der Waals surface area contributed by atoms with Crippen molar-refractivity contribution in [2.45, 2.75) is 18.8 Å². The van der Waals surface area contributed by atoms with Crippen molar-refractivity contribution in [1.82, 2.24) is 4.98 Å². The number of morpholine rings is 1. The molecular weight excluding hydrogens is 240 g/mol. The van der Waals surface area contributed by atoms with Crippen LogP contribution in [-0.2, 0) is 16.0 Å². The van der Waals surface area contributed by atoms with E-state index >= 15 is 0 Å². The number of carboxylic acid groups (broad SMARTS) is 1. The molecule has 1 saturated heterocycles. The van der Waals surface area contributed by atoms with Crippen LogP contribution in [0, 0.1) is 0 Å². The Kier molecular flexibility index (Phi) is 2.76. The van der Waals surface area contributed by atoms with Gasteiger partial charge < -0.3 is 14.7 Å². The summed E-state index contributed by atoms with van der Waals surface area (Å²) in [6.07, 6.45) is 1.56. The second kappa shape index (κ2) is 4.27. The van der Waals surface area contributed by atoms with Crippen molar-refractivity contribution in [2.24, 2.45) is 0 Å². The van der Waals surface area contributed by atoms with Crippen molar-refractivity contribution in [3.05, 3.63) is 10.6 Å². The third-order valence-corrected chi connectivity index (χ3v) is 4.48. The van der Waals surface area contributed by atoms with Crippen molar-refractivity contribution < 1.29 is 14.6 Å². The standard InChI is InChI=1S/C11H14N2O3S/c14-10(15)7-1-2-8-9(7)12-11(17-8)13-3-5-16-6-4-13/h7H,1-6H2,(H,14,15). The van der Waals surface area contributed by atoms with Crippen LogP contribution in [-0.4, -0.2) is 42.4 Å². The predicted molar refractivity (Wildman–Crippen MR) is 63.8 cm³/mol. The second-order valence-corrected chi connectivity index (χ2v) is 5.40. The average Bonchev–Trinajstić information content (AvgIpc) is 2.88. The molecule has 1 aliphatic heterocycles. The molecule has 2 heterocycles. The Labute approximate surface area is 103 Å². The molecule has 1 aromatic rings. The fourth-order valence-electron chi connectivity index (χ4n) is 2.34. The van der Waals surface area contributed by atoms with Gasteiger partial charge in [0, 0.05) is 18.0 Å². The Morgan fingerprint density at radius 1 is 1.47 bits per heavy atom. The monoisotopic (exact) mass is 254 g/mol. The number of nitrogens with zero attached hydrogens (tertiary/aromatic N) is 2. The lowest BCUT2D eigenvalue weighted by Crippen LogP contribution is -2.36. The number of anilines is 1. The third kappa shape index (κ3) is 1.91. The molecule has 0 radical (unpaired) electrons. The minimum atomic E-state index is -0.748. The molecule has 1 unspecified atom stereocenters. The zero-order chi connectivity index (χ0) is 11.8. The van der Waals surface area contributed by atoms with Gasteiger partial charge >= 0.3 is 5.97 Å². The number of hydrogen-bond donors (Lipinski definition) is 1. The molecule has 1 atom stereocenters. The summed E-state index contributed by atoms with van der Waals surface area (Å²) in [5, 5.41) is 10.1. The van der Waals surface area contributed by atoms with Crippen molar-refractivity contribution in [1.29, 1.82) is 0 Å². The Bertz CT molecular complexity index is 440. The van der Waals surface area contributed by atoms with Crippen molar-refractivity contribution in [2.75, 3.05) is 31.2 Å². The van der Waals surface area contributed by atoms with Gasteiger partial charge in [-0.2, -0.15) is 0 Å². The normalized spacial score (nSPS) is 23.8. The first-order valence-corrected chi connectivity index (χ1v) is 6.62. The van der Waals surface area contributed by atoms with Gasteiger partial charge in [-0.05, 0) is 12.8 Å². The molecule has 0 spiro atoms. The number of carboxylic acids is 1. The molecule has 0 amide bonds. The van der Waals surface area contributed by atoms with Gasteiger partial charge in [0.25, 0.3) is 0 Å². The van der Waals surface area contributed by atoms with Gasteiger partial charge in [0.05, 0.1) is 18.9 Å². The van der Waals surface area contributed by atoms with Crippen molar-refractivity contribution in [3.8, 4) is 0 Å². The summed E-state index contributed by atoms with van der Waals surface area (Å²) in [6.45, 7) is 3.16. The summed E-state index contributed by atoms with van der Waals surface area (Å²) in [5.74, 6) is -1.14. The SMILES string of the molecule is O=C(O)C1CCc2sc(N3CCOCC3)nc21. The first kappa shape index (κ1) is 11.0. The number of carbonyl (C=O) groups is 1. The van der Waals surface area contributed by atoms with Gasteiger partial charge in [-0.1, -0.05) is 0 Å². The van der Waals surface area contributed by atoms with Gasteiger partial charge in [0.2, 0.25) is 0 Å². The quantitative estimate of drug-likeness (QED) is 0.856. The van der Waals surface area contributed by atoms with E-state index in [2.05, 4.69) is 9.88 Å². The molecule has 2 aliphatic rings. The maximum Gasteiger partial charge on any atom is 0.312 e. The molecule has 1 fully saturated rings. The van der Waals surface area contributed by atoms with Crippen molar-refractivity contribution >= 4 is 22.4 Å². The second-order valence-electron chi connectivity index (χ2n) is 4.33. The van der Waals surface area contributed by atoms with E-state index in [1.54, 1.807) is 11.3 Å². The van der Waals surface area contributed by atoms with Gasteiger partial charge in [0.1, 0.15) is 5.92 Å². The minimum absolute atomic E-state index is 0.393. The van der Waals surface area contributed by atoms with E-state index < -0.39 is 11.9 Å². The molecule has 92 valence electrons.